The quantitative estimate of drug-likeness (QED) is 0.297. The second kappa shape index (κ2) is 36.0. The van der Waals surface area contributed by atoms with Gasteiger partial charge in [-0.05, 0) is 0 Å². The largest absolute Gasteiger partial charge is 1.00 e. The van der Waals surface area contributed by atoms with Crippen LogP contribution in [-0.4, -0.2) is 46.3 Å². The van der Waals surface area contributed by atoms with Crippen LogP contribution in [0.5, 0.6) is 0 Å². The van der Waals surface area contributed by atoms with Crippen molar-refractivity contribution in [3.05, 3.63) is 0 Å². The summed E-state index contributed by atoms with van der Waals surface area (Å²) < 4.78 is 0. The average molecular weight is 288 g/mol. The Labute approximate surface area is 154 Å². The van der Waals surface area contributed by atoms with E-state index in [2.05, 4.69) is 0 Å². The van der Waals surface area contributed by atoms with E-state index in [-0.39, 0.29) is 62.0 Å². The molecular weight excluding hydrogens is 266 g/mol. The van der Waals surface area contributed by atoms with Gasteiger partial charge in [0.15, 0.2) is 0 Å². The smallest absolute Gasteiger partial charge is 1.00 e. The minimum Gasteiger partial charge on any atom is -1.00 e. The number of hydrogen-bond donors (Lipinski definition) is 5. The summed E-state index contributed by atoms with van der Waals surface area (Å²) in [5, 5.41) is 22.2. The zero-order valence-electron chi connectivity index (χ0n) is 13.6. The monoisotopic (exact) mass is 288 g/mol. The molecular formula is C8H22N2Na2O6. The van der Waals surface area contributed by atoms with Gasteiger partial charge in [-0.2, -0.15) is 0 Å². The van der Waals surface area contributed by atoms with Gasteiger partial charge in [0.25, 0.3) is 17.9 Å². The summed E-state index contributed by atoms with van der Waals surface area (Å²) in [6.45, 7) is 4.44. The van der Waals surface area contributed by atoms with Crippen LogP contribution < -0.4 is 70.6 Å². The molecule has 0 saturated heterocycles. The van der Waals surface area contributed by atoms with E-state index in [9.17, 15) is 0 Å². The number of carboxylic acid groups (broad SMARTS) is 3. The summed E-state index contributed by atoms with van der Waals surface area (Å²) in [5.41, 5.74) is 9.81. The van der Waals surface area contributed by atoms with E-state index in [1.165, 1.54) is 0 Å². The topological polar surface area (TPSA) is 164 Å². The summed E-state index contributed by atoms with van der Waals surface area (Å²) in [6.07, 6.45) is 0. The summed E-state index contributed by atoms with van der Waals surface area (Å²) in [7, 11) is 0. The van der Waals surface area contributed by atoms with Crippen LogP contribution in [0.3, 0.4) is 0 Å². The number of aliphatic carboxylic acids is 3. The number of nitrogens with two attached hydrogens (primary N) is 2. The van der Waals surface area contributed by atoms with Gasteiger partial charge in [-0.25, -0.2) is 0 Å². The Morgan fingerprint density at radius 2 is 0.833 bits per heavy atom. The number of hydrogen-bond acceptors (Lipinski definition) is 5. The van der Waals surface area contributed by atoms with Crippen LogP contribution in [0.2, 0.25) is 0 Å². The van der Waals surface area contributed by atoms with Gasteiger partial charge in [0.05, 0.1) is 0 Å². The molecule has 102 valence electrons. The van der Waals surface area contributed by atoms with E-state index in [4.69, 9.17) is 41.2 Å². The average Bonchev–Trinajstić information content (AvgIpc) is 2.00. The van der Waals surface area contributed by atoms with E-state index in [1.54, 1.807) is 0 Å². The molecule has 18 heavy (non-hydrogen) atoms. The SMILES string of the molecule is CC(=O)O.CC(=O)O.CC(=O)O.NCCN.[H-].[H-].[Na+].[Na+]. The summed E-state index contributed by atoms with van der Waals surface area (Å²) in [6, 6.07) is 0. The molecule has 0 aromatic carbocycles. The molecule has 0 heterocycles. The molecule has 0 radical (unpaired) electrons. The van der Waals surface area contributed by atoms with Crippen LogP contribution in [0, 0.1) is 0 Å². The Morgan fingerprint density at radius 3 is 0.833 bits per heavy atom. The van der Waals surface area contributed by atoms with Crippen LogP contribution in [-0.2, 0) is 14.4 Å². The summed E-state index contributed by atoms with van der Waals surface area (Å²) >= 11 is 0. The van der Waals surface area contributed by atoms with Crippen molar-refractivity contribution >= 4 is 17.9 Å². The molecule has 0 aliphatic carbocycles. The van der Waals surface area contributed by atoms with Crippen molar-refractivity contribution in [1.82, 2.24) is 0 Å². The van der Waals surface area contributed by atoms with Crippen molar-refractivity contribution in [2.45, 2.75) is 20.8 Å². The van der Waals surface area contributed by atoms with Crippen LogP contribution in [0.25, 0.3) is 0 Å². The maximum absolute atomic E-state index is 9.00. The summed E-state index contributed by atoms with van der Waals surface area (Å²) in [5.74, 6) is -2.50. The first kappa shape index (κ1) is 36.2. The molecule has 0 aliphatic heterocycles. The Bertz CT molecular complexity index is 159. The molecule has 0 bridgehead atoms. The fourth-order valence-electron chi connectivity index (χ4n) is 0. The summed E-state index contributed by atoms with van der Waals surface area (Å²) in [4.78, 5) is 27.0. The molecule has 0 aromatic rings. The van der Waals surface area contributed by atoms with Crippen LogP contribution in [0.1, 0.15) is 23.6 Å². The standard InChI is InChI=1S/C2H8N2.3C2H4O2.2Na.2H/c3-1-2-4;3*1-2(3)4;;;;/h1-4H2;3*1H3,(H,3,4);;;;/q;;;;2*+1;2*-1. The van der Waals surface area contributed by atoms with Crippen molar-refractivity contribution in [2.24, 2.45) is 11.5 Å². The minimum absolute atomic E-state index is 0. The molecule has 8 nitrogen and oxygen atoms in total. The predicted molar refractivity (Wildman–Crippen MR) is 60.3 cm³/mol. The van der Waals surface area contributed by atoms with Gasteiger partial charge >= 0.3 is 59.1 Å². The van der Waals surface area contributed by atoms with Crippen molar-refractivity contribution in [2.75, 3.05) is 13.1 Å². The third kappa shape index (κ3) is 2170. The predicted octanol–water partition coefficient (Wildman–Crippen LogP) is -6.59. The van der Waals surface area contributed by atoms with Crippen LogP contribution in [0.4, 0.5) is 0 Å². The molecule has 0 atom stereocenters. The molecule has 0 saturated carbocycles. The van der Waals surface area contributed by atoms with Gasteiger partial charge in [0.1, 0.15) is 0 Å². The number of rotatable bonds is 1. The van der Waals surface area contributed by atoms with E-state index in [0.717, 1.165) is 20.8 Å². The molecule has 0 spiro atoms. The van der Waals surface area contributed by atoms with Crippen molar-refractivity contribution in [3.63, 3.8) is 0 Å². The second-order valence-corrected chi connectivity index (χ2v) is 2.13. The van der Waals surface area contributed by atoms with E-state index in [0.29, 0.717) is 13.1 Å². The normalized spacial score (nSPS) is 5.83. The maximum atomic E-state index is 9.00. The fraction of sp³-hybridized carbons (Fsp3) is 0.625. The van der Waals surface area contributed by atoms with Gasteiger partial charge in [-0.15, -0.1) is 0 Å². The molecule has 0 aliphatic rings. The zero-order valence-corrected chi connectivity index (χ0v) is 15.6. The van der Waals surface area contributed by atoms with Gasteiger partial charge in [-0.1, -0.05) is 0 Å². The van der Waals surface area contributed by atoms with Gasteiger partial charge in [-0.3, -0.25) is 14.4 Å². The number of carboxylic acids is 3. The maximum Gasteiger partial charge on any atom is 1.00 e. The third-order valence-electron chi connectivity index (χ3n) is 0.167. The first-order valence-corrected chi connectivity index (χ1v) is 4.10. The molecule has 0 unspecified atom stereocenters. The van der Waals surface area contributed by atoms with E-state index in [1.807, 2.05) is 0 Å². The number of carbonyl (C=O) groups is 3. The first-order chi connectivity index (χ1) is 7.11. The molecule has 0 aromatic heterocycles. The molecule has 0 fully saturated rings. The molecule has 0 rings (SSSR count). The van der Waals surface area contributed by atoms with Crippen LogP contribution >= 0.6 is 0 Å². The van der Waals surface area contributed by atoms with Crippen molar-refractivity contribution < 1.29 is 91.7 Å². The molecule has 0 amide bonds. The Kier molecular flexibility index (Phi) is 72.4. The van der Waals surface area contributed by atoms with Gasteiger partial charge < -0.3 is 29.6 Å². The van der Waals surface area contributed by atoms with E-state index >= 15 is 0 Å². The molecule has 7 N–H and O–H groups in total. The van der Waals surface area contributed by atoms with Crippen molar-refractivity contribution in [1.29, 1.82) is 0 Å². The second-order valence-electron chi connectivity index (χ2n) is 2.13. The first-order valence-electron chi connectivity index (χ1n) is 4.10. The zero-order chi connectivity index (χ0) is 14.1. The Balaban J connectivity index is -0.0000000150. The third-order valence-corrected chi connectivity index (χ3v) is 0.167. The van der Waals surface area contributed by atoms with E-state index < -0.39 is 17.9 Å². The van der Waals surface area contributed by atoms with Crippen LogP contribution in [0.15, 0.2) is 0 Å². The minimum atomic E-state index is -0.833. The van der Waals surface area contributed by atoms with Gasteiger partial charge in [0.2, 0.25) is 0 Å². The Morgan fingerprint density at radius 1 is 0.778 bits per heavy atom. The van der Waals surface area contributed by atoms with Gasteiger partial charge in [0, 0.05) is 33.9 Å². The van der Waals surface area contributed by atoms with Crippen molar-refractivity contribution in [3.8, 4) is 0 Å². The Hall–Kier alpha value is 0.330. The fourth-order valence-corrected chi connectivity index (χ4v) is 0. The molecule has 10 heteroatoms.